The number of hydrogen-bond donors (Lipinski definition) is 1. The van der Waals surface area contributed by atoms with Gasteiger partial charge in [0, 0.05) is 6.04 Å². The largest absolute Gasteiger partial charge is 0.241 e. The van der Waals surface area contributed by atoms with Crippen LogP contribution in [0.25, 0.3) is 0 Å². The molecular weight excluding hydrogens is 270 g/mol. The van der Waals surface area contributed by atoms with Crippen molar-refractivity contribution in [2.75, 3.05) is 0 Å². The molecule has 1 N–H and O–H groups in total. The molecule has 20 heavy (non-hydrogen) atoms. The standard InChI is InChI=1S/C16H25NO2S/c1-9-10(2)12(4)16(13(5)11(9)3)20(18,19)17-14(6)15-7-8-15/h14-15,17H,7-8H2,1-6H3. The molecule has 0 radical (unpaired) electrons. The molecule has 0 saturated heterocycles. The molecule has 1 aliphatic carbocycles. The van der Waals surface area contributed by atoms with E-state index >= 15 is 0 Å². The van der Waals surface area contributed by atoms with Crippen molar-refractivity contribution in [2.24, 2.45) is 5.92 Å². The molecule has 1 aromatic carbocycles. The molecule has 1 atom stereocenters. The van der Waals surface area contributed by atoms with Crippen LogP contribution >= 0.6 is 0 Å². The van der Waals surface area contributed by atoms with Crippen molar-refractivity contribution >= 4 is 10.0 Å². The molecule has 4 heteroatoms. The Bertz CT molecular complexity index is 614. The van der Waals surface area contributed by atoms with Crippen LogP contribution in [-0.4, -0.2) is 14.5 Å². The fourth-order valence-corrected chi connectivity index (χ4v) is 4.78. The van der Waals surface area contributed by atoms with E-state index < -0.39 is 10.0 Å². The van der Waals surface area contributed by atoms with Crippen LogP contribution in [-0.2, 0) is 10.0 Å². The van der Waals surface area contributed by atoms with Crippen LogP contribution in [0.15, 0.2) is 4.90 Å². The van der Waals surface area contributed by atoms with Gasteiger partial charge in [0.2, 0.25) is 10.0 Å². The molecule has 0 aliphatic heterocycles. The first-order chi connectivity index (χ1) is 9.16. The summed E-state index contributed by atoms with van der Waals surface area (Å²) in [7, 11) is -3.44. The Kier molecular flexibility index (Phi) is 4.00. The second-order valence-electron chi connectivity index (χ2n) is 6.20. The maximum Gasteiger partial charge on any atom is 0.241 e. The summed E-state index contributed by atoms with van der Waals surface area (Å²) in [5.41, 5.74) is 5.09. The summed E-state index contributed by atoms with van der Waals surface area (Å²) >= 11 is 0. The predicted molar refractivity (Wildman–Crippen MR) is 82.6 cm³/mol. The van der Waals surface area contributed by atoms with Gasteiger partial charge in [-0.25, -0.2) is 13.1 Å². The molecule has 112 valence electrons. The van der Waals surface area contributed by atoms with Gasteiger partial charge in [0.1, 0.15) is 0 Å². The minimum Gasteiger partial charge on any atom is -0.208 e. The topological polar surface area (TPSA) is 46.2 Å². The Morgan fingerprint density at radius 2 is 1.30 bits per heavy atom. The van der Waals surface area contributed by atoms with Crippen molar-refractivity contribution in [1.29, 1.82) is 0 Å². The number of benzene rings is 1. The highest BCUT2D eigenvalue weighted by Gasteiger charge is 2.32. The van der Waals surface area contributed by atoms with Crippen molar-refractivity contribution in [1.82, 2.24) is 4.72 Å². The van der Waals surface area contributed by atoms with Crippen LogP contribution in [0, 0.1) is 40.5 Å². The monoisotopic (exact) mass is 295 g/mol. The van der Waals surface area contributed by atoms with E-state index in [2.05, 4.69) is 11.6 Å². The number of hydrogen-bond acceptors (Lipinski definition) is 2. The normalized spacial score (nSPS) is 17.3. The highest BCUT2D eigenvalue weighted by molar-refractivity contribution is 7.89. The molecule has 2 rings (SSSR count). The van der Waals surface area contributed by atoms with Gasteiger partial charge < -0.3 is 0 Å². The van der Waals surface area contributed by atoms with Gasteiger partial charge in [-0.05, 0) is 88.1 Å². The minimum atomic E-state index is -3.44. The smallest absolute Gasteiger partial charge is 0.208 e. The van der Waals surface area contributed by atoms with Crippen LogP contribution in [0.1, 0.15) is 47.6 Å². The van der Waals surface area contributed by atoms with Gasteiger partial charge in [-0.3, -0.25) is 0 Å². The Labute approximate surface area is 122 Å². The van der Waals surface area contributed by atoms with Crippen molar-refractivity contribution in [3.05, 3.63) is 27.8 Å². The van der Waals surface area contributed by atoms with E-state index in [1.165, 1.54) is 5.56 Å². The molecule has 1 aromatic rings. The summed E-state index contributed by atoms with van der Waals surface area (Å²) in [6.45, 7) is 11.8. The van der Waals surface area contributed by atoms with Gasteiger partial charge in [0.05, 0.1) is 4.90 Å². The third-order valence-electron chi connectivity index (χ3n) is 4.87. The Morgan fingerprint density at radius 1 is 0.900 bits per heavy atom. The van der Waals surface area contributed by atoms with E-state index in [-0.39, 0.29) is 6.04 Å². The average Bonchev–Trinajstić information content (AvgIpc) is 3.17. The lowest BCUT2D eigenvalue weighted by Crippen LogP contribution is -2.35. The van der Waals surface area contributed by atoms with Crippen LogP contribution in [0.2, 0.25) is 0 Å². The lowest BCUT2D eigenvalue weighted by atomic mass is 9.95. The van der Waals surface area contributed by atoms with Crippen LogP contribution < -0.4 is 4.72 Å². The maximum atomic E-state index is 12.7. The Hall–Kier alpha value is -0.870. The molecule has 1 saturated carbocycles. The quantitative estimate of drug-likeness (QED) is 0.926. The van der Waals surface area contributed by atoms with E-state index in [1.807, 2.05) is 34.6 Å². The van der Waals surface area contributed by atoms with E-state index in [9.17, 15) is 8.42 Å². The third-order valence-corrected chi connectivity index (χ3v) is 6.70. The Balaban J connectivity index is 2.51. The number of sulfonamides is 1. The summed E-state index contributed by atoms with van der Waals surface area (Å²) in [6, 6.07) is 0.0284. The third kappa shape index (κ3) is 2.63. The van der Waals surface area contributed by atoms with E-state index in [0.29, 0.717) is 10.8 Å². The first kappa shape index (κ1) is 15.5. The van der Waals surface area contributed by atoms with Crippen molar-refractivity contribution in [3.63, 3.8) is 0 Å². The molecule has 1 unspecified atom stereocenters. The van der Waals surface area contributed by atoms with Gasteiger partial charge in [0.15, 0.2) is 0 Å². The average molecular weight is 295 g/mol. The molecule has 0 aromatic heterocycles. The van der Waals surface area contributed by atoms with Gasteiger partial charge in [-0.1, -0.05) is 0 Å². The molecule has 1 fully saturated rings. The van der Waals surface area contributed by atoms with E-state index in [0.717, 1.165) is 35.1 Å². The van der Waals surface area contributed by atoms with Crippen LogP contribution in [0.3, 0.4) is 0 Å². The molecular formula is C16H25NO2S. The zero-order chi connectivity index (χ0) is 15.2. The first-order valence-corrected chi connectivity index (χ1v) is 8.74. The van der Waals surface area contributed by atoms with Crippen LogP contribution in [0.5, 0.6) is 0 Å². The summed E-state index contributed by atoms with van der Waals surface area (Å²) in [4.78, 5) is 0.477. The molecule has 0 amide bonds. The van der Waals surface area contributed by atoms with Gasteiger partial charge in [-0.2, -0.15) is 0 Å². The highest BCUT2D eigenvalue weighted by atomic mass is 32.2. The van der Waals surface area contributed by atoms with Crippen molar-refractivity contribution in [3.8, 4) is 0 Å². The van der Waals surface area contributed by atoms with Crippen molar-refractivity contribution < 1.29 is 8.42 Å². The number of nitrogens with one attached hydrogen (secondary N) is 1. The zero-order valence-corrected chi connectivity index (χ0v) is 14.1. The molecule has 0 spiro atoms. The lowest BCUT2D eigenvalue weighted by Gasteiger charge is -2.21. The lowest BCUT2D eigenvalue weighted by molar-refractivity contribution is 0.537. The van der Waals surface area contributed by atoms with Crippen molar-refractivity contribution in [2.45, 2.75) is 65.3 Å². The summed E-state index contributed by atoms with van der Waals surface area (Å²) in [5.74, 6) is 0.512. The first-order valence-electron chi connectivity index (χ1n) is 7.26. The summed E-state index contributed by atoms with van der Waals surface area (Å²) in [5, 5.41) is 0. The fraction of sp³-hybridized carbons (Fsp3) is 0.625. The van der Waals surface area contributed by atoms with Crippen LogP contribution in [0.4, 0.5) is 0 Å². The molecule has 1 aliphatic rings. The molecule has 3 nitrogen and oxygen atoms in total. The number of rotatable bonds is 4. The van der Waals surface area contributed by atoms with E-state index in [1.54, 1.807) is 0 Å². The molecule has 0 heterocycles. The summed E-state index contributed by atoms with van der Waals surface area (Å²) in [6.07, 6.45) is 2.27. The summed E-state index contributed by atoms with van der Waals surface area (Å²) < 4.78 is 28.3. The Morgan fingerprint density at radius 3 is 1.70 bits per heavy atom. The second-order valence-corrected chi connectivity index (χ2v) is 7.85. The van der Waals surface area contributed by atoms with Gasteiger partial charge in [0.25, 0.3) is 0 Å². The van der Waals surface area contributed by atoms with Gasteiger partial charge >= 0.3 is 0 Å². The van der Waals surface area contributed by atoms with E-state index in [4.69, 9.17) is 0 Å². The highest BCUT2D eigenvalue weighted by Crippen LogP contribution is 2.34. The SMILES string of the molecule is Cc1c(C)c(C)c(S(=O)(=O)NC(C)C2CC2)c(C)c1C. The second kappa shape index (κ2) is 5.15. The minimum absolute atomic E-state index is 0.0284. The maximum absolute atomic E-state index is 12.7. The predicted octanol–water partition coefficient (Wildman–Crippen LogP) is 3.31. The fourth-order valence-electron chi connectivity index (χ4n) is 2.86. The van der Waals surface area contributed by atoms with Gasteiger partial charge in [-0.15, -0.1) is 0 Å². The zero-order valence-electron chi connectivity index (χ0n) is 13.3. The molecule has 0 bridgehead atoms.